The van der Waals surface area contributed by atoms with E-state index >= 15 is 0 Å². The standard InChI is InChI=1S/C20H18O2S/c1-4-20-17(5-11(1)10-23-20)15-6-12-9-21-19(15)8-14(12)16-7-13-2-3-18(16)22-13/h2-3,6-8,11,17,20H,1,4-5,9-10H2. The summed E-state index contributed by atoms with van der Waals surface area (Å²) in [6, 6.07) is 11.0. The lowest BCUT2D eigenvalue weighted by Gasteiger charge is -2.43. The highest BCUT2D eigenvalue weighted by atomic mass is 32.2. The van der Waals surface area contributed by atoms with Crippen LogP contribution in [-0.2, 0) is 6.61 Å². The van der Waals surface area contributed by atoms with Crippen molar-refractivity contribution in [2.45, 2.75) is 37.0 Å². The summed E-state index contributed by atoms with van der Waals surface area (Å²) in [5.74, 6) is 4.11. The fourth-order valence-electron chi connectivity index (χ4n) is 4.75. The second-order valence-corrected chi connectivity index (χ2v) is 8.53. The normalized spacial score (nSPS) is 28.6. The maximum atomic E-state index is 6.04. The van der Waals surface area contributed by atoms with Crippen LogP contribution in [0.15, 0.2) is 34.7 Å². The molecule has 0 amide bonds. The lowest BCUT2D eigenvalue weighted by Crippen LogP contribution is -2.33. The Balaban J connectivity index is 1.45. The molecule has 3 heteroatoms. The monoisotopic (exact) mass is 322 g/mol. The van der Waals surface area contributed by atoms with Gasteiger partial charge in [0.05, 0.1) is 0 Å². The van der Waals surface area contributed by atoms with Gasteiger partial charge in [-0.3, -0.25) is 0 Å². The predicted molar refractivity (Wildman–Crippen MR) is 93.5 cm³/mol. The highest BCUT2D eigenvalue weighted by Gasteiger charge is 2.39. The van der Waals surface area contributed by atoms with Crippen LogP contribution in [0.1, 0.15) is 36.3 Å². The van der Waals surface area contributed by atoms with Gasteiger partial charge in [0.1, 0.15) is 23.5 Å². The summed E-state index contributed by atoms with van der Waals surface area (Å²) >= 11 is 2.19. The first-order valence-electron chi connectivity index (χ1n) is 8.58. The van der Waals surface area contributed by atoms with Crippen LogP contribution in [0.4, 0.5) is 0 Å². The van der Waals surface area contributed by atoms with Crippen LogP contribution in [0.2, 0.25) is 0 Å². The number of ether oxygens (including phenoxy) is 1. The molecule has 6 bridgehead atoms. The van der Waals surface area contributed by atoms with Crippen molar-refractivity contribution in [3.05, 3.63) is 41.5 Å². The molecule has 5 aliphatic rings. The van der Waals surface area contributed by atoms with Gasteiger partial charge in [-0.2, -0.15) is 11.8 Å². The number of fused-ring (bicyclic) bond motifs is 9. The molecule has 116 valence electrons. The van der Waals surface area contributed by atoms with Crippen molar-refractivity contribution in [1.82, 2.24) is 0 Å². The Labute approximate surface area is 139 Å². The van der Waals surface area contributed by atoms with Crippen molar-refractivity contribution >= 4 is 22.9 Å². The van der Waals surface area contributed by atoms with Crippen LogP contribution in [0.3, 0.4) is 0 Å². The van der Waals surface area contributed by atoms with Crippen LogP contribution < -0.4 is 4.74 Å². The van der Waals surface area contributed by atoms with Gasteiger partial charge in [0.2, 0.25) is 0 Å². The smallest absolute Gasteiger partial charge is 0.135 e. The Bertz CT molecular complexity index is 888. The summed E-state index contributed by atoms with van der Waals surface area (Å²) < 4.78 is 11.8. The summed E-state index contributed by atoms with van der Waals surface area (Å²) in [7, 11) is 0. The van der Waals surface area contributed by atoms with Crippen LogP contribution in [0, 0.1) is 5.92 Å². The van der Waals surface area contributed by atoms with Crippen LogP contribution in [0.25, 0.3) is 22.3 Å². The van der Waals surface area contributed by atoms with Gasteiger partial charge < -0.3 is 9.15 Å². The third kappa shape index (κ3) is 1.77. The Hall–Kier alpha value is -1.61. The first kappa shape index (κ1) is 12.8. The minimum Gasteiger partial charge on any atom is -0.489 e. The molecule has 2 saturated heterocycles. The lowest BCUT2D eigenvalue weighted by molar-refractivity contribution is 0.276. The molecule has 0 radical (unpaired) electrons. The Morgan fingerprint density at radius 2 is 2.04 bits per heavy atom. The van der Waals surface area contributed by atoms with E-state index in [0.717, 1.165) is 28.1 Å². The van der Waals surface area contributed by atoms with Gasteiger partial charge in [0.25, 0.3) is 0 Å². The summed E-state index contributed by atoms with van der Waals surface area (Å²) in [6.07, 6.45) is 4.18. The van der Waals surface area contributed by atoms with E-state index in [1.807, 2.05) is 6.07 Å². The summed E-state index contributed by atoms with van der Waals surface area (Å²) in [5, 5.41) is 0.803. The molecule has 23 heavy (non-hydrogen) atoms. The zero-order chi connectivity index (χ0) is 15.0. The molecule has 2 aromatic heterocycles. The molecule has 3 unspecified atom stereocenters. The maximum Gasteiger partial charge on any atom is 0.135 e. The lowest BCUT2D eigenvalue weighted by atomic mass is 9.76. The van der Waals surface area contributed by atoms with Gasteiger partial charge in [0, 0.05) is 10.8 Å². The van der Waals surface area contributed by atoms with Crippen LogP contribution in [0.5, 0.6) is 5.75 Å². The van der Waals surface area contributed by atoms with E-state index < -0.39 is 0 Å². The molecule has 3 fully saturated rings. The second-order valence-electron chi connectivity index (χ2n) is 7.25. The molecule has 0 N–H and O–H groups in total. The Morgan fingerprint density at radius 3 is 2.65 bits per heavy atom. The van der Waals surface area contributed by atoms with Crippen molar-refractivity contribution in [1.29, 1.82) is 0 Å². The van der Waals surface area contributed by atoms with E-state index in [9.17, 15) is 0 Å². The van der Waals surface area contributed by atoms with Crippen molar-refractivity contribution in [3.63, 3.8) is 0 Å². The van der Waals surface area contributed by atoms with Crippen molar-refractivity contribution in [2.24, 2.45) is 5.92 Å². The van der Waals surface area contributed by atoms with Gasteiger partial charge in [-0.1, -0.05) is 0 Å². The maximum absolute atomic E-state index is 6.04. The van der Waals surface area contributed by atoms with Gasteiger partial charge >= 0.3 is 0 Å². The predicted octanol–water partition coefficient (Wildman–Crippen LogP) is 5.43. The number of furan rings is 2. The molecular weight excluding hydrogens is 304 g/mol. The fourth-order valence-corrected chi connectivity index (χ4v) is 6.37. The topological polar surface area (TPSA) is 22.4 Å². The van der Waals surface area contributed by atoms with E-state index in [4.69, 9.17) is 9.15 Å². The van der Waals surface area contributed by atoms with E-state index in [2.05, 4.69) is 36.0 Å². The number of benzene rings is 2. The van der Waals surface area contributed by atoms with Crippen molar-refractivity contribution in [3.8, 4) is 16.9 Å². The third-order valence-corrected chi connectivity index (χ3v) is 7.59. The average molecular weight is 322 g/mol. The Kier molecular flexibility index (Phi) is 2.48. The molecule has 4 aliphatic heterocycles. The Morgan fingerprint density at radius 1 is 1.04 bits per heavy atom. The number of rotatable bonds is 2. The van der Waals surface area contributed by atoms with Crippen molar-refractivity contribution in [2.75, 3.05) is 5.75 Å². The molecular formula is C20H18O2S. The molecule has 1 aromatic carbocycles. The fraction of sp³-hybridized carbons (Fsp3) is 0.400. The highest BCUT2D eigenvalue weighted by Crippen LogP contribution is 2.53. The number of hydrogen-bond donors (Lipinski definition) is 0. The summed E-state index contributed by atoms with van der Waals surface area (Å²) in [4.78, 5) is 0. The quantitative estimate of drug-likeness (QED) is 0.628. The summed E-state index contributed by atoms with van der Waals surface area (Å²) in [5.41, 5.74) is 7.29. The van der Waals surface area contributed by atoms with E-state index in [-0.39, 0.29) is 0 Å². The van der Waals surface area contributed by atoms with E-state index in [1.165, 1.54) is 47.3 Å². The first-order valence-corrected chi connectivity index (χ1v) is 9.63. The van der Waals surface area contributed by atoms with Crippen molar-refractivity contribution < 1.29 is 9.15 Å². The van der Waals surface area contributed by atoms with Gasteiger partial charge in [0.15, 0.2) is 0 Å². The molecule has 1 saturated carbocycles. The molecule has 8 rings (SSSR count). The molecule has 1 aliphatic carbocycles. The minimum absolute atomic E-state index is 0.697. The van der Waals surface area contributed by atoms with E-state index in [0.29, 0.717) is 12.5 Å². The zero-order valence-corrected chi connectivity index (χ0v) is 13.7. The summed E-state index contributed by atoms with van der Waals surface area (Å²) in [6.45, 7) is 0.711. The third-order valence-electron chi connectivity index (χ3n) is 5.93. The van der Waals surface area contributed by atoms with Gasteiger partial charge in [-0.15, -0.1) is 0 Å². The first-order chi connectivity index (χ1) is 11.3. The van der Waals surface area contributed by atoms with Gasteiger partial charge in [-0.25, -0.2) is 0 Å². The number of hydrogen-bond acceptors (Lipinski definition) is 3. The van der Waals surface area contributed by atoms with E-state index in [1.54, 1.807) is 0 Å². The number of thioether (sulfide) groups is 1. The SMILES string of the molecule is c1c2c(C3CC4CCC3SC4)cc(c1-c1cc3ccc1o3)CO2. The molecule has 6 heterocycles. The average Bonchev–Trinajstić information content (AvgIpc) is 3.26. The zero-order valence-electron chi connectivity index (χ0n) is 12.9. The minimum atomic E-state index is 0.697. The molecule has 3 atom stereocenters. The second kappa shape index (κ2) is 4.47. The molecule has 2 nitrogen and oxygen atoms in total. The van der Waals surface area contributed by atoms with Crippen LogP contribution in [-0.4, -0.2) is 11.0 Å². The highest BCUT2D eigenvalue weighted by molar-refractivity contribution is 8.00. The largest absolute Gasteiger partial charge is 0.489 e. The molecule has 3 aromatic rings. The van der Waals surface area contributed by atoms with Gasteiger partial charge in [-0.05, 0) is 83.9 Å². The molecule has 0 spiro atoms. The van der Waals surface area contributed by atoms with Crippen LogP contribution >= 0.6 is 11.8 Å².